The van der Waals surface area contributed by atoms with E-state index >= 15 is 0 Å². The number of carbonyl (C=O) groups is 3. The molecule has 1 aliphatic carbocycles. The fourth-order valence-electron chi connectivity index (χ4n) is 4.75. The normalized spacial score (nSPS) is 20.9. The minimum atomic E-state index is -0.560. The summed E-state index contributed by atoms with van der Waals surface area (Å²) < 4.78 is 7.06. The molecule has 3 aromatic rings. The van der Waals surface area contributed by atoms with Crippen LogP contribution in [0.1, 0.15) is 47.3 Å². The molecule has 6 rings (SSSR count). The molecule has 3 fully saturated rings. The number of nitrogens with zero attached hydrogens (tertiary/aromatic N) is 4. The number of urea groups is 1. The van der Waals surface area contributed by atoms with Gasteiger partial charge in [0.2, 0.25) is 0 Å². The number of hydrogen-bond acceptors (Lipinski definition) is 8. The van der Waals surface area contributed by atoms with Crippen molar-refractivity contribution in [2.24, 2.45) is 0 Å². The third-order valence-electron chi connectivity index (χ3n) is 6.76. The van der Waals surface area contributed by atoms with Gasteiger partial charge in [0.05, 0.1) is 34.3 Å². The van der Waals surface area contributed by atoms with Crippen molar-refractivity contribution in [2.45, 2.75) is 44.2 Å². The van der Waals surface area contributed by atoms with Crippen molar-refractivity contribution in [1.82, 2.24) is 30.1 Å². The van der Waals surface area contributed by atoms with E-state index in [0.29, 0.717) is 34.4 Å². The number of rotatable bonds is 7. The van der Waals surface area contributed by atoms with Crippen LogP contribution >= 0.6 is 11.3 Å². The van der Waals surface area contributed by atoms with E-state index < -0.39 is 11.9 Å². The predicted octanol–water partition coefficient (Wildman–Crippen LogP) is 2.85. The lowest BCUT2D eigenvalue weighted by Crippen LogP contribution is -2.45. The van der Waals surface area contributed by atoms with E-state index in [9.17, 15) is 14.4 Å². The predicted molar refractivity (Wildman–Crippen MR) is 138 cm³/mol. The molecule has 0 radical (unpaired) electrons. The highest BCUT2D eigenvalue weighted by Gasteiger charge is 2.29. The minimum absolute atomic E-state index is 0.0215. The van der Waals surface area contributed by atoms with Crippen LogP contribution in [0.15, 0.2) is 30.1 Å². The molecule has 0 spiro atoms. The number of imide groups is 1. The van der Waals surface area contributed by atoms with Crippen molar-refractivity contribution in [1.29, 1.82) is 0 Å². The highest BCUT2D eigenvalue weighted by atomic mass is 32.1. The summed E-state index contributed by atoms with van der Waals surface area (Å²) in [6, 6.07) is 5.63. The van der Waals surface area contributed by atoms with Crippen LogP contribution in [0.2, 0.25) is 0 Å². The van der Waals surface area contributed by atoms with Gasteiger partial charge in [-0.05, 0) is 50.3 Å². The monoisotopic (exact) mass is 521 g/mol. The lowest BCUT2D eigenvalue weighted by Gasteiger charge is -2.35. The molecule has 12 heteroatoms. The maximum Gasteiger partial charge on any atom is 0.326 e. The highest BCUT2D eigenvalue weighted by molar-refractivity contribution is 7.17. The number of carbonyl (C=O) groups excluding carboxylic acids is 3. The summed E-state index contributed by atoms with van der Waals surface area (Å²) in [7, 11) is 1.67. The van der Waals surface area contributed by atoms with Crippen LogP contribution in [-0.4, -0.2) is 69.7 Å². The maximum atomic E-state index is 13.4. The SMILES string of the molecule is COCC1CCCCN1C(=O)c1ccc(-c2cc(NC3CC3)n3ncc(/C=C4\NC(=O)NC4=O)c3n2)s1. The molecule has 37 heavy (non-hydrogen) atoms. The summed E-state index contributed by atoms with van der Waals surface area (Å²) >= 11 is 1.41. The summed E-state index contributed by atoms with van der Waals surface area (Å²) in [4.78, 5) is 45.3. The van der Waals surface area contributed by atoms with Gasteiger partial charge in [0.25, 0.3) is 11.8 Å². The Hall–Kier alpha value is -3.77. The van der Waals surface area contributed by atoms with Gasteiger partial charge in [-0.3, -0.25) is 14.9 Å². The number of thiophene rings is 1. The van der Waals surface area contributed by atoms with E-state index in [-0.39, 0.29) is 17.6 Å². The number of likely N-dealkylation sites (tertiary alicyclic amines) is 1. The van der Waals surface area contributed by atoms with Gasteiger partial charge in [0.1, 0.15) is 11.5 Å². The number of hydrogen-bond donors (Lipinski definition) is 3. The molecule has 2 saturated heterocycles. The van der Waals surface area contributed by atoms with E-state index in [1.54, 1.807) is 23.9 Å². The number of nitrogens with one attached hydrogen (secondary N) is 3. The molecule has 3 aromatic heterocycles. The number of ether oxygens (including phenoxy) is 1. The van der Waals surface area contributed by atoms with Crippen LogP contribution < -0.4 is 16.0 Å². The first-order chi connectivity index (χ1) is 18.0. The Morgan fingerprint density at radius 3 is 2.86 bits per heavy atom. The van der Waals surface area contributed by atoms with Crippen molar-refractivity contribution < 1.29 is 19.1 Å². The Morgan fingerprint density at radius 1 is 1.24 bits per heavy atom. The number of piperidine rings is 1. The van der Waals surface area contributed by atoms with E-state index in [2.05, 4.69) is 21.0 Å². The molecule has 1 saturated carbocycles. The quantitative estimate of drug-likeness (QED) is 0.322. The lowest BCUT2D eigenvalue weighted by atomic mass is 10.0. The molecular formula is C25H27N7O4S. The number of fused-ring (bicyclic) bond motifs is 1. The van der Waals surface area contributed by atoms with Crippen LogP contribution in [0.25, 0.3) is 22.3 Å². The Kier molecular flexibility index (Phi) is 6.13. The van der Waals surface area contributed by atoms with Crippen molar-refractivity contribution in [3.8, 4) is 10.6 Å². The van der Waals surface area contributed by atoms with Crippen molar-refractivity contribution >= 4 is 46.7 Å². The first-order valence-corrected chi connectivity index (χ1v) is 13.2. The number of amides is 4. The van der Waals surface area contributed by atoms with Crippen molar-refractivity contribution in [3.05, 3.63) is 40.5 Å². The minimum Gasteiger partial charge on any atom is -0.383 e. The van der Waals surface area contributed by atoms with Gasteiger partial charge in [0.15, 0.2) is 5.65 Å². The standard InChI is InChI=1S/C25H27N7O4S/c1-36-13-16-4-2-3-9-31(16)24(34)20-8-7-19(37-20)17-11-21(27-15-5-6-15)32-22(28-17)14(12-26-32)10-18-23(33)30-25(35)29-18/h7-8,10-12,15-16,27H,2-6,9,13H2,1H3,(H2,29,30,33,35)/b18-10-. The van der Waals surface area contributed by atoms with Gasteiger partial charge in [-0.2, -0.15) is 9.61 Å². The molecular weight excluding hydrogens is 494 g/mol. The maximum absolute atomic E-state index is 13.4. The topological polar surface area (TPSA) is 130 Å². The number of methoxy groups -OCH3 is 1. The average molecular weight is 522 g/mol. The van der Waals surface area contributed by atoms with E-state index in [4.69, 9.17) is 9.72 Å². The fourth-order valence-corrected chi connectivity index (χ4v) is 5.67. The Labute approximate surface area is 216 Å². The van der Waals surface area contributed by atoms with Crippen molar-refractivity contribution in [3.63, 3.8) is 0 Å². The highest BCUT2D eigenvalue weighted by Crippen LogP contribution is 2.33. The summed E-state index contributed by atoms with van der Waals surface area (Å²) in [5.41, 5.74) is 1.97. The largest absolute Gasteiger partial charge is 0.383 e. The van der Waals surface area contributed by atoms with Crippen molar-refractivity contribution in [2.75, 3.05) is 25.6 Å². The molecule has 1 atom stereocenters. The molecule has 0 aromatic carbocycles. The lowest BCUT2D eigenvalue weighted by molar-refractivity contribution is -0.115. The Bertz CT molecular complexity index is 1420. The molecule has 0 bridgehead atoms. The molecule has 2 aliphatic heterocycles. The third-order valence-corrected chi connectivity index (χ3v) is 7.86. The second kappa shape index (κ2) is 9.60. The summed E-state index contributed by atoms with van der Waals surface area (Å²) in [5.74, 6) is 0.306. The molecule has 192 valence electrons. The smallest absolute Gasteiger partial charge is 0.326 e. The number of anilines is 1. The van der Waals surface area contributed by atoms with Gasteiger partial charge in [-0.15, -0.1) is 11.3 Å². The molecule has 11 nitrogen and oxygen atoms in total. The first kappa shape index (κ1) is 23.6. The third kappa shape index (κ3) is 4.69. The second-order valence-corrected chi connectivity index (χ2v) is 10.6. The van der Waals surface area contributed by atoms with Gasteiger partial charge < -0.3 is 20.3 Å². The summed E-state index contributed by atoms with van der Waals surface area (Å²) in [6.07, 6.45) is 8.39. The summed E-state index contributed by atoms with van der Waals surface area (Å²) in [5, 5.41) is 12.7. The number of aromatic nitrogens is 3. The molecule has 5 heterocycles. The average Bonchev–Trinajstić information content (AvgIpc) is 3.26. The molecule has 3 aliphatic rings. The molecule has 4 amide bonds. The van der Waals surface area contributed by atoms with Crippen LogP contribution in [0.4, 0.5) is 10.6 Å². The van der Waals surface area contributed by atoms with E-state index in [1.807, 2.05) is 23.1 Å². The fraction of sp³-hybridized carbons (Fsp3) is 0.400. The second-order valence-electron chi connectivity index (χ2n) is 9.51. The first-order valence-electron chi connectivity index (χ1n) is 12.4. The van der Waals surface area contributed by atoms with Gasteiger partial charge in [0, 0.05) is 31.3 Å². The van der Waals surface area contributed by atoms with Crippen LogP contribution in [0.3, 0.4) is 0 Å². The van der Waals surface area contributed by atoms with Gasteiger partial charge in [-0.1, -0.05) is 0 Å². The van der Waals surface area contributed by atoms with Gasteiger partial charge >= 0.3 is 6.03 Å². The zero-order valence-corrected chi connectivity index (χ0v) is 21.1. The van der Waals surface area contributed by atoms with E-state index in [0.717, 1.165) is 49.3 Å². The Balaban J connectivity index is 1.35. The van der Waals surface area contributed by atoms with Gasteiger partial charge in [-0.25, -0.2) is 9.78 Å². The van der Waals surface area contributed by atoms with Crippen LogP contribution in [0, 0.1) is 0 Å². The summed E-state index contributed by atoms with van der Waals surface area (Å²) in [6.45, 7) is 1.27. The van der Waals surface area contributed by atoms with Crippen LogP contribution in [0.5, 0.6) is 0 Å². The zero-order chi connectivity index (χ0) is 25.5. The van der Waals surface area contributed by atoms with E-state index in [1.165, 1.54) is 11.3 Å². The zero-order valence-electron chi connectivity index (χ0n) is 20.3. The molecule has 1 unspecified atom stereocenters. The Morgan fingerprint density at radius 2 is 2.11 bits per heavy atom. The van der Waals surface area contributed by atoms with Crippen LogP contribution in [-0.2, 0) is 9.53 Å². The molecule has 3 N–H and O–H groups in total.